The second kappa shape index (κ2) is 5.70. The maximum atomic E-state index is 12.6. The third-order valence-electron chi connectivity index (χ3n) is 3.17. The van der Waals surface area contributed by atoms with Gasteiger partial charge in [0, 0.05) is 11.9 Å². The summed E-state index contributed by atoms with van der Waals surface area (Å²) in [7, 11) is 0. The van der Waals surface area contributed by atoms with Crippen molar-refractivity contribution >= 4 is 29.3 Å². The number of thioether (sulfide) groups is 1. The normalized spacial score (nSPS) is 22.2. The summed E-state index contributed by atoms with van der Waals surface area (Å²) in [6, 6.07) is 2.39. The average Bonchev–Trinajstić information content (AvgIpc) is 2.83. The fourth-order valence-corrected chi connectivity index (χ4v) is 3.68. The lowest BCUT2D eigenvalue weighted by molar-refractivity contribution is -0.141. The van der Waals surface area contributed by atoms with Crippen LogP contribution in [0.5, 0.6) is 0 Å². The van der Waals surface area contributed by atoms with Crippen molar-refractivity contribution in [2.45, 2.75) is 25.3 Å². The number of pyridine rings is 1. The van der Waals surface area contributed by atoms with E-state index in [1.807, 2.05) is 13.8 Å². The van der Waals surface area contributed by atoms with Crippen LogP contribution in [0.25, 0.3) is 0 Å². The smallest absolute Gasteiger partial charge is 0.327 e. The zero-order chi connectivity index (χ0) is 14.9. The maximum Gasteiger partial charge on any atom is 0.327 e. The summed E-state index contributed by atoms with van der Waals surface area (Å²) < 4.78 is 0. The van der Waals surface area contributed by atoms with Crippen molar-refractivity contribution in [3.8, 4) is 0 Å². The van der Waals surface area contributed by atoms with Crippen LogP contribution in [-0.4, -0.2) is 44.0 Å². The van der Waals surface area contributed by atoms with Gasteiger partial charge >= 0.3 is 5.97 Å². The predicted molar refractivity (Wildman–Crippen MR) is 77.3 cm³/mol. The fourth-order valence-electron chi connectivity index (χ4n) is 2.21. The lowest BCUT2D eigenvalue weighted by Gasteiger charge is -2.29. The van der Waals surface area contributed by atoms with E-state index in [4.69, 9.17) is 5.73 Å². The Bertz CT molecular complexity index is 535. The minimum absolute atomic E-state index is 0.118. The number of nitrogens with zero attached hydrogens (tertiary/aromatic N) is 2. The van der Waals surface area contributed by atoms with Crippen molar-refractivity contribution in [3.63, 3.8) is 0 Å². The van der Waals surface area contributed by atoms with Gasteiger partial charge in [0.1, 0.15) is 6.04 Å². The fraction of sp³-hybridized carbons (Fsp3) is 0.462. The van der Waals surface area contributed by atoms with Crippen molar-refractivity contribution in [1.29, 1.82) is 0 Å². The number of carboxylic acids is 1. The first-order valence-electron chi connectivity index (χ1n) is 6.31. The number of carbonyl (C=O) groups is 2. The van der Waals surface area contributed by atoms with E-state index in [0.717, 1.165) is 0 Å². The number of rotatable bonds is 3. The molecule has 2 rings (SSSR count). The summed E-state index contributed by atoms with van der Waals surface area (Å²) in [5, 5.41) is 9.11. The topological polar surface area (TPSA) is 96.5 Å². The van der Waals surface area contributed by atoms with E-state index in [9.17, 15) is 14.7 Å². The summed E-state index contributed by atoms with van der Waals surface area (Å²) in [5.74, 6) is -0.877. The first-order valence-corrected chi connectivity index (χ1v) is 7.36. The summed E-state index contributed by atoms with van der Waals surface area (Å²) in [5.41, 5.74) is 6.15. The predicted octanol–water partition coefficient (Wildman–Crippen LogP) is 1.29. The molecular weight excluding hydrogens is 278 g/mol. The van der Waals surface area contributed by atoms with Gasteiger partial charge in [-0.25, -0.2) is 9.78 Å². The number of hydrogen-bond donors (Lipinski definition) is 2. The van der Waals surface area contributed by atoms with E-state index in [2.05, 4.69) is 4.98 Å². The van der Waals surface area contributed by atoms with Crippen LogP contribution in [0, 0.1) is 5.92 Å². The number of nitrogens with two attached hydrogens (primary N) is 1. The molecule has 0 bridgehead atoms. The molecule has 1 fully saturated rings. The number of hydrogen-bond acceptors (Lipinski definition) is 5. The molecule has 0 aromatic carbocycles. The van der Waals surface area contributed by atoms with Gasteiger partial charge in [-0.1, -0.05) is 13.8 Å². The summed E-state index contributed by atoms with van der Waals surface area (Å²) >= 11 is 1.48. The van der Waals surface area contributed by atoms with Crippen molar-refractivity contribution in [2.24, 2.45) is 5.92 Å². The molecule has 1 aliphatic heterocycles. The molecule has 0 radical (unpaired) electrons. The zero-order valence-corrected chi connectivity index (χ0v) is 12.1. The third-order valence-corrected chi connectivity index (χ3v) is 4.79. The molecule has 1 saturated heterocycles. The highest BCUT2D eigenvalue weighted by Gasteiger charge is 2.43. The molecule has 0 spiro atoms. The molecule has 20 heavy (non-hydrogen) atoms. The molecule has 2 atom stereocenters. The van der Waals surface area contributed by atoms with Crippen molar-refractivity contribution < 1.29 is 14.7 Å². The standard InChI is InChI=1S/C13H17N3O3S/c1-7(2)12-16(9(6-20-12)13(18)19)11(17)10-8(14)4-3-5-15-10/h3-5,7,9,12H,6,14H2,1-2H3,(H,18,19). The molecule has 1 aromatic heterocycles. The second-order valence-electron chi connectivity index (χ2n) is 4.98. The quantitative estimate of drug-likeness (QED) is 0.872. The van der Waals surface area contributed by atoms with Crippen LogP contribution in [-0.2, 0) is 4.79 Å². The van der Waals surface area contributed by atoms with Crippen LogP contribution >= 0.6 is 11.8 Å². The SMILES string of the molecule is CC(C)C1SCC(C(=O)O)N1C(=O)c1ncccc1N. The Labute approximate surface area is 121 Å². The van der Waals surface area contributed by atoms with Crippen LogP contribution in [0.4, 0.5) is 5.69 Å². The number of nitrogen functional groups attached to an aromatic ring is 1. The lowest BCUT2D eigenvalue weighted by atomic mass is 10.1. The van der Waals surface area contributed by atoms with Crippen LogP contribution in [0.3, 0.4) is 0 Å². The Hall–Kier alpha value is -1.76. The molecule has 2 unspecified atom stereocenters. The first kappa shape index (κ1) is 14.6. The molecule has 1 amide bonds. The summed E-state index contributed by atoms with van der Waals surface area (Å²) in [6.07, 6.45) is 1.48. The Balaban J connectivity index is 2.37. The van der Waals surface area contributed by atoms with E-state index in [1.54, 1.807) is 12.1 Å². The van der Waals surface area contributed by atoms with E-state index in [1.165, 1.54) is 22.9 Å². The molecule has 2 heterocycles. The van der Waals surface area contributed by atoms with E-state index in [0.29, 0.717) is 5.75 Å². The summed E-state index contributed by atoms with van der Waals surface area (Å²) in [6.45, 7) is 3.92. The number of anilines is 1. The van der Waals surface area contributed by atoms with Gasteiger partial charge in [0.2, 0.25) is 0 Å². The van der Waals surface area contributed by atoms with Crippen LogP contribution < -0.4 is 5.73 Å². The molecule has 7 heteroatoms. The highest BCUT2D eigenvalue weighted by atomic mass is 32.2. The number of amides is 1. The number of aromatic nitrogens is 1. The maximum absolute atomic E-state index is 12.6. The van der Waals surface area contributed by atoms with Gasteiger partial charge in [0.25, 0.3) is 5.91 Å². The number of aliphatic carboxylic acids is 1. The molecule has 0 aliphatic carbocycles. The van der Waals surface area contributed by atoms with Gasteiger partial charge in [0.05, 0.1) is 11.1 Å². The number of carboxylic acid groups (broad SMARTS) is 1. The largest absolute Gasteiger partial charge is 0.480 e. The Kier molecular flexibility index (Phi) is 4.17. The van der Waals surface area contributed by atoms with Gasteiger partial charge in [-0.2, -0.15) is 0 Å². The highest BCUT2D eigenvalue weighted by Crippen LogP contribution is 2.35. The monoisotopic (exact) mass is 295 g/mol. The van der Waals surface area contributed by atoms with E-state index < -0.39 is 17.9 Å². The molecular formula is C13H17N3O3S. The van der Waals surface area contributed by atoms with Gasteiger partial charge in [-0.15, -0.1) is 11.8 Å². The minimum Gasteiger partial charge on any atom is -0.480 e. The van der Waals surface area contributed by atoms with Gasteiger partial charge in [-0.3, -0.25) is 4.79 Å². The van der Waals surface area contributed by atoms with Crippen molar-refractivity contribution in [1.82, 2.24) is 9.88 Å². The molecule has 108 valence electrons. The van der Waals surface area contributed by atoms with Gasteiger partial charge in [0.15, 0.2) is 5.69 Å². The minimum atomic E-state index is -0.997. The Morgan fingerprint density at radius 1 is 1.55 bits per heavy atom. The van der Waals surface area contributed by atoms with Crippen LogP contribution in [0.2, 0.25) is 0 Å². The van der Waals surface area contributed by atoms with E-state index in [-0.39, 0.29) is 22.7 Å². The average molecular weight is 295 g/mol. The first-order chi connectivity index (χ1) is 9.43. The molecule has 1 aliphatic rings. The van der Waals surface area contributed by atoms with Crippen molar-refractivity contribution in [3.05, 3.63) is 24.0 Å². The summed E-state index contributed by atoms with van der Waals surface area (Å²) in [4.78, 5) is 29.3. The number of carbonyl (C=O) groups excluding carboxylic acids is 1. The molecule has 0 saturated carbocycles. The van der Waals surface area contributed by atoms with Crippen LogP contribution in [0.1, 0.15) is 24.3 Å². The zero-order valence-electron chi connectivity index (χ0n) is 11.3. The molecule has 1 aromatic rings. The Morgan fingerprint density at radius 2 is 2.25 bits per heavy atom. The second-order valence-corrected chi connectivity index (χ2v) is 6.13. The third kappa shape index (κ3) is 2.58. The van der Waals surface area contributed by atoms with Crippen LogP contribution in [0.15, 0.2) is 18.3 Å². The molecule has 6 nitrogen and oxygen atoms in total. The van der Waals surface area contributed by atoms with Gasteiger partial charge < -0.3 is 15.7 Å². The Morgan fingerprint density at radius 3 is 2.80 bits per heavy atom. The molecule has 3 N–H and O–H groups in total. The highest BCUT2D eigenvalue weighted by molar-refractivity contribution is 8.00. The van der Waals surface area contributed by atoms with E-state index >= 15 is 0 Å². The lowest BCUT2D eigenvalue weighted by Crippen LogP contribution is -2.47. The van der Waals surface area contributed by atoms with Crippen molar-refractivity contribution in [2.75, 3.05) is 11.5 Å². The van der Waals surface area contributed by atoms with Gasteiger partial charge in [-0.05, 0) is 18.1 Å².